The molecule has 0 aliphatic rings. The topological polar surface area (TPSA) is 237 Å². The molecule has 0 radical (unpaired) electrons. The molecule has 0 amide bonds. The van der Waals surface area contributed by atoms with E-state index in [0.29, 0.717) is 31.6 Å². The van der Waals surface area contributed by atoms with Crippen molar-refractivity contribution >= 4 is 39.5 Å². The molecule has 0 aliphatic heterocycles. The summed E-state index contributed by atoms with van der Waals surface area (Å²) < 4.78 is 68.9. The van der Waals surface area contributed by atoms with Gasteiger partial charge in [-0.1, -0.05) is 409 Å². The highest BCUT2D eigenvalue weighted by Gasteiger charge is 2.31. The minimum Gasteiger partial charge on any atom is -0.462 e. The Kier molecular flexibility index (Phi) is 75.3. The van der Waals surface area contributed by atoms with Crippen LogP contribution in [0.2, 0.25) is 0 Å². The molecule has 0 heterocycles. The zero-order valence-corrected chi connectivity index (χ0v) is 72.6. The van der Waals surface area contributed by atoms with E-state index >= 15 is 0 Å². The van der Waals surface area contributed by atoms with Gasteiger partial charge in [0.1, 0.15) is 19.3 Å². The lowest BCUT2D eigenvalue weighted by Gasteiger charge is -2.21. The Morgan fingerprint density at radius 1 is 0.234 bits per heavy atom. The van der Waals surface area contributed by atoms with E-state index in [4.69, 9.17) is 37.0 Å². The summed E-state index contributed by atoms with van der Waals surface area (Å²) in [7, 11) is -9.93. The molecule has 0 bridgehead atoms. The summed E-state index contributed by atoms with van der Waals surface area (Å²) in [5, 5.41) is 10.7. The fourth-order valence-corrected chi connectivity index (χ4v) is 15.3. The molecule has 0 saturated carbocycles. The molecule has 0 aromatic heterocycles. The Labute approximate surface area is 658 Å². The van der Waals surface area contributed by atoms with Gasteiger partial charge in [0.25, 0.3) is 0 Å². The molecule has 0 aromatic carbocycles. The van der Waals surface area contributed by atoms with Gasteiger partial charge in [-0.15, -0.1) is 0 Å². The van der Waals surface area contributed by atoms with E-state index in [1.54, 1.807) is 0 Å². The van der Waals surface area contributed by atoms with Crippen molar-refractivity contribution in [1.82, 2.24) is 0 Å². The molecule has 3 unspecified atom stereocenters. The smallest absolute Gasteiger partial charge is 0.462 e. The number of ether oxygens (including phenoxy) is 4. The number of aliphatic hydroxyl groups excluding tert-OH is 1. The number of hydrogen-bond donors (Lipinski definition) is 3. The van der Waals surface area contributed by atoms with Crippen molar-refractivity contribution in [2.24, 2.45) is 23.7 Å². The van der Waals surface area contributed by atoms with Crippen LogP contribution in [0, 0.1) is 23.7 Å². The van der Waals surface area contributed by atoms with Crippen molar-refractivity contribution in [2.45, 2.75) is 478 Å². The predicted molar refractivity (Wildman–Crippen MR) is 441 cm³/mol. The van der Waals surface area contributed by atoms with E-state index in [9.17, 15) is 43.2 Å². The second-order valence-corrected chi connectivity index (χ2v) is 36.4. The maximum atomic E-state index is 13.2. The standard InChI is InChI=1S/C88H172O17P2/c1-78(2)64-56-48-40-33-27-21-15-11-9-10-12-17-25-31-37-45-54-62-70-87(92)104-83(74-98-85(90)68-60-52-44-36-30-24-20-19-23-29-35-42-50-58-66-80(5)6)76-102-106(94,95)100-72-82(89)73-101-107(96,97)103-77-84(75-99-86(91)69-61-53-47-39-43-51-59-67-81(7)8)105-88(93)71-63-55-46-38-32-26-18-14-13-16-22-28-34-41-49-57-65-79(3)4/h78-84,89H,9-77H2,1-8H3,(H,94,95)(H,96,97)/t82?,83-,84-/m1/s1. The summed E-state index contributed by atoms with van der Waals surface area (Å²) in [6, 6.07) is 0. The van der Waals surface area contributed by atoms with Gasteiger partial charge < -0.3 is 33.8 Å². The van der Waals surface area contributed by atoms with Crippen LogP contribution in [0.15, 0.2) is 0 Å². The average Bonchev–Trinajstić information content (AvgIpc) is 0.910. The van der Waals surface area contributed by atoms with Gasteiger partial charge in [0, 0.05) is 25.7 Å². The van der Waals surface area contributed by atoms with Crippen LogP contribution in [-0.4, -0.2) is 96.7 Å². The van der Waals surface area contributed by atoms with Gasteiger partial charge in [0.15, 0.2) is 12.2 Å². The molecule has 0 saturated heterocycles. The maximum Gasteiger partial charge on any atom is 0.472 e. The second-order valence-electron chi connectivity index (χ2n) is 33.5. The highest BCUT2D eigenvalue weighted by molar-refractivity contribution is 7.47. The largest absolute Gasteiger partial charge is 0.472 e. The maximum absolute atomic E-state index is 13.2. The number of carbonyl (C=O) groups excluding carboxylic acids is 4. The van der Waals surface area contributed by atoms with Crippen LogP contribution in [0.25, 0.3) is 0 Å². The van der Waals surface area contributed by atoms with Gasteiger partial charge in [-0.25, -0.2) is 9.13 Å². The van der Waals surface area contributed by atoms with Crippen LogP contribution in [0.5, 0.6) is 0 Å². The van der Waals surface area contributed by atoms with Crippen LogP contribution in [0.4, 0.5) is 0 Å². The van der Waals surface area contributed by atoms with E-state index in [0.717, 1.165) is 114 Å². The zero-order chi connectivity index (χ0) is 78.8. The third-order valence-corrected chi connectivity index (χ3v) is 22.5. The van der Waals surface area contributed by atoms with Gasteiger partial charge in [0.05, 0.1) is 26.4 Å². The molecule has 0 rings (SSSR count). The number of rotatable bonds is 85. The molecular weight excluding hydrogens is 1390 g/mol. The van der Waals surface area contributed by atoms with Gasteiger partial charge in [-0.2, -0.15) is 0 Å². The average molecular weight is 1560 g/mol. The summed E-state index contributed by atoms with van der Waals surface area (Å²) in [6.07, 6.45) is 66.8. The number of phosphoric ester groups is 2. The van der Waals surface area contributed by atoms with E-state index in [-0.39, 0.29) is 25.7 Å². The molecule has 3 N–H and O–H groups in total. The molecule has 636 valence electrons. The second kappa shape index (κ2) is 76.7. The number of phosphoric acid groups is 2. The molecular formula is C88H172O17P2. The van der Waals surface area contributed by atoms with Crippen molar-refractivity contribution in [1.29, 1.82) is 0 Å². The van der Waals surface area contributed by atoms with Gasteiger partial charge in [0.2, 0.25) is 0 Å². The SMILES string of the molecule is CC(C)CCCCCCCCCCCCCCCCCCCCC(=O)O[C@H](COC(=O)CCCCCCCCCCCCCCCCC(C)C)COP(=O)(O)OCC(O)COP(=O)(O)OC[C@@H](COC(=O)CCCCCCCCCC(C)C)OC(=O)CCCCCCCCCCCCCCCCCCC(C)C. The molecule has 0 aliphatic carbocycles. The lowest BCUT2D eigenvalue weighted by atomic mass is 10.0. The summed E-state index contributed by atoms with van der Waals surface area (Å²) in [5.74, 6) is 1.03. The van der Waals surface area contributed by atoms with Crippen molar-refractivity contribution in [3.8, 4) is 0 Å². The Morgan fingerprint density at radius 2 is 0.393 bits per heavy atom. The lowest BCUT2D eigenvalue weighted by molar-refractivity contribution is -0.161. The van der Waals surface area contributed by atoms with Gasteiger partial charge in [-0.05, 0) is 49.4 Å². The predicted octanol–water partition coefficient (Wildman–Crippen LogP) is 26.7. The first-order valence-electron chi connectivity index (χ1n) is 45.2. The monoisotopic (exact) mass is 1560 g/mol. The van der Waals surface area contributed by atoms with Crippen molar-refractivity contribution in [2.75, 3.05) is 39.6 Å². The number of aliphatic hydroxyl groups is 1. The number of hydrogen-bond acceptors (Lipinski definition) is 15. The summed E-state index contributed by atoms with van der Waals surface area (Å²) in [4.78, 5) is 73.3. The molecule has 0 spiro atoms. The first-order valence-corrected chi connectivity index (χ1v) is 48.2. The fraction of sp³-hybridized carbons (Fsp3) is 0.955. The Balaban J connectivity index is 5.22. The van der Waals surface area contributed by atoms with Gasteiger partial charge >= 0.3 is 39.5 Å². The van der Waals surface area contributed by atoms with Crippen molar-refractivity contribution in [3.05, 3.63) is 0 Å². The first-order chi connectivity index (χ1) is 51.6. The highest BCUT2D eigenvalue weighted by Crippen LogP contribution is 2.45. The van der Waals surface area contributed by atoms with Crippen LogP contribution in [0.3, 0.4) is 0 Å². The minimum absolute atomic E-state index is 0.107. The van der Waals surface area contributed by atoms with E-state index in [2.05, 4.69) is 55.4 Å². The third-order valence-electron chi connectivity index (χ3n) is 20.6. The van der Waals surface area contributed by atoms with Crippen LogP contribution >= 0.6 is 15.6 Å². The first kappa shape index (κ1) is 105. The summed E-state index contributed by atoms with van der Waals surface area (Å²) in [5.41, 5.74) is 0. The molecule has 0 aromatic rings. The molecule has 0 fully saturated rings. The fourth-order valence-electron chi connectivity index (χ4n) is 13.7. The van der Waals surface area contributed by atoms with Crippen molar-refractivity contribution in [3.63, 3.8) is 0 Å². The van der Waals surface area contributed by atoms with Crippen LogP contribution < -0.4 is 0 Å². The number of unbranched alkanes of at least 4 members (excludes halogenated alkanes) is 51. The van der Waals surface area contributed by atoms with E-state index in [1.807, 2.05) is 0 Å². The van der Waals surface area contributed by atoms with Crippen LogP contribution in [-0.2, 0) is 65.4 Å². The Morgan fingerprint density at radius 3 is 0.579 bits per heavy atom. The summed E-state index contributed by atoms with van der Waals surface area (Å²) in [6.45, 7) is 14.3. The Bertz CT molecular complexity index is 2080. The normalized spacial score (nSPS) is 13.9. The number of esters is 4. The van der Waals surface area contributed by atoms with E-state index in [1.165, 1.54) is 257 Å². The molecule has 107 heavy (non-hydrogen) atoms. The lowest BCUT2D eigenvalue weighted by Crippen LogP contribution is -2.30. The van der Waals surface area contributed by atoms with Crippen molar-refractivity contribution < 1.29 is 80.2 Å². The van der Waals surface area contributed by atoms with Crippen LogP contribution in [0.1, 0.15) is 460 Å². The minimum atomic E-state index is -4.97. The Hall–Kier alpha value is -1.94. The molecule has 17 nitrogen and oxygen atoms in total. The third kappa shape index (κ3) is 81.9. The molecule has 5 atom stereocenters. The highest BCUT2D eigenvalue weighted by atomic mass is 31.2. The van der Waals surface area contributed by atoms with Gasteiger partial charge in [-0.3, -0.25) is 37.3 Å². The summed E-state index contributed by atoms with van der Waals surface area (Å²) >= 11 is 0. The quantitative estimate of drug-likeness (QED) is 0.0222. The molecule has 19 heteroatoms. The number of carbonyl (C=O) groups is 4. The van der Waals surface area contributed by atoms with E-state index < -0.39 is 97.5 Å². The zero-order valence-electron chi connectivity index (χ0n) is 70.8.